The quantitative estimate of drug-likeness (QED) is 0.777. The molecule has 134 valence electrons. The van der Waals surface area contributed by atoms with Gasteiger partial charge in [-0.2, -0.15) is 0 Å². The van der Waals surface area contributed by atoms with Gasteiger partial charge in [0.15, 0.2) is 11.5 Å². The minimum Gasteiger partial charge on any atom is -0.493 e. The highest BCUT2D eigenvalue weighted by atomic mass is 35.5. The Morgan fingerprint density at radius 3 is 2.36 bits per heavy atom. The molecular formula is C20H24ClNO3. The standard InChI is InChI=1S/C20H24ClNO3/c1-13(2)14(3)22-20(23)16-7-10-18(19(11-16)24-4)25-12-15-5-8-17(21)9-6-15/h5-11,13-14H,12H2,1-4H3,(H,22,23). The molecular weight excluding hydrogens is 338 g/mol. The van der Waals surface area contributed by atoms with Crippen LogP contribution in [0.2, 0.25) is 5.02 Å². The minimum atomic E-state index is -0.122. The van der Waals surface area contributed by atoms with Crippen LogP contribution in [0.4, 0.5) is 0 Å². The number of methoxy groups -OCH3 is 1. The zero-order chi connectivity index (χ0) is 18.4. The molecule has 0 radical (unpaired) electrons. The summed E-state index contributed by atoms with van der Waals surface area (Å²) in [4.78, 5) is 12.3. The Morgan fingerprint density at radius 1 is 1.08 bits per heavy atom. The molecule has 1 N–H and O–H groups in total. The van der Waals surface area contributed by atoms with Crippen LogP contribution in [0.3, 0.4) is 0 Å². The number of ether oxygens (including phenoxy) is 2. The van der Waals surface area contributed by atoms with Crippen molar-refractivity contribution in [2.24, 2.45) is 5.92 Å². The van der Waals surface area contributed by atoms with Gasteiger partial charge in [0, 0.05) is 16.6 Å². The lowest BCUT2D eigenvalue weighted by atomic mass is 10.1. The van der Waals surface area contributed by atoms with Gasteiger partial charge in [0.05, 0.1) is 7.11 Å². The Balaban J connectivity index is 2.07. The summed E-state index contributed by atoms with van der Waals surface area (Å²) in [7, 11) is 1.56. The number of halogens is 1. The van der Waals surface area contributed by atoms with Crippen molar-refractivity contribution in [1.29, 1.82) is 0 Å². The molecule has 0 heterocycles. The maximum atomic E-state index is 12.3. The van der Waals surface area contributed by atoms with Gasteiger partial charge in [0.1, 0.15) is 6.61 Å². The van der Waals surface area contributed by atoms with Crippen LogP contribution in [-0.4, -0.2) is 19.1 Å². The van der Waals surface area contributed by atoms with Crippen LogP contribution < -0.4 is 14.8 Å². The minimum absolute atomic E-state index is 0.0966. The Labute approximate surface area is 154 Å². The Morgan fingerprint density at radius 2 is 1.76 bits per heavy atom. The van der Waals surface area contributed by atoms with Crippen LogP contribution in [0.5, 0.6) is 11.5 Å². The van der Waals surface area contributed by atoms with E-state index in [1.54, 1.807) is 25.3 Å². The maximum absolute atomic E-state index is 12.3. The van der Waals surface area contributed by atoms with Crippen LogP contribution >= 0.6 is 11.6 Å². The van der Waals surface area contributed by atoms with E-state index in [4.69, 9.17) is 21.1 Å². The van der Waals surface area contributed by atoms with Crippen molar-refractivity contribution >= 4 is 17.5 Å². The number of hydrogen-bond donors (Lipinski definition) is 1. The zero-order valence-corrected chi connectivity index (χ0v) is 15.8. The second kappa shape index (κ2) is 8.77. The summed E-state index contributed by atoms with van der Waals surface area (Å²) in [5, 5.41) is 3.67. The molecule has 1 atom stereocenters. The molecule has 2 aromatic carbocycles. The van der Waals surface area contributed by atoms with E-state index in [9.17, 15) is 4.79 Å². The second-order valence-corrected chi connectivity index (χ2v) is 6.72. The molecule has 1 unspecified atom stereocenters. The topological polar surface area (TPSA) is 47.6 Å². The zero-order valence-electron chi connectivity index (χ0n) is 15.0. The summed E-state index contributed by atoms with van der Waals surface area (Å²) in [6.45, 7) is 6.52. The summed E-state index contributed by atoms with van der Waals surface area (Å²) in [5.74, 6) is 1.36. The van der Waals surface area contributed by atoms with E-state index in [1.165, 1.54) is 0 Å². The molecule has 0 aliphatic heterocycles. The summed E-state index contributed by atoms with van der Waals surface area (Å²) in [5.41, 5.74) is 1.54. The molecule has 25 heavy (non-hydrogen) atoms. The molecule has 0 aliphatic carbocycles. The predicted molar refractivity (Wildman–Crippen MR) is 101 cm³/mol. The number of nitrogens with one attached hydrogen (secondary N) is 1. The fourth-order valence-electron chi connectivity index (χ4n) is 2.13. The van der Waals surface area contributed by atoms with E-state index in [0.717, 1.165) is 5.56 Å². The Hall–Kier alpha value is -2.20. The SMILES string of the molecule is COc1cc(C(=O)NC(C)C(C)C)ccc1OCc1ccc(Cl)cc1. The van der Waals surface area contributed by atoms with Crippen LogP contribution in [0.25, 0.3) is 0 Å². The first-order valence-electron chi connectivity index (χ1n) is 8.27. The number of carbonyl (C=O) groups is 1. The monoisotopic (exact) mass is 361 g/mol. The van der Waals surface area contributed by atoms with E-state index in [0.29, 0.717) is 34.6 Å². The van der Waals surface area contributed by atoms with E-state index in [-0.39, 0.29) is 11.9 Å². The number of carbonyl (C=O) groups excluding carboxylic acids is 1. The van der Waals surface area contributed by atoms with Gasteiger partial charge < -0.3 is 14.8 Å². The van der Waals surface area contributed by atoms with Gasteiger partial charge >= 0.3 is 0 Å². The molecule has 0 spiro atoms. The van der Waals surface area contributed by atoms with Crippen molar-refractivity contribution < 1.29 is 14.3 Å². The first kappa shape index (κ1) is 19.1. The molecule has 2 rings (SSSR count). The van der Waals surface area contributed by atoms with Crippen molar-refractivity contribution in [2.75, 3.05) is 7.11 Å². The first-order chi connectivity index (χ1) is 11.9. The molecule has 0 saturated carbocycles. The lowest BCUT2D eigenvalue weighted by Crippen LogP contribution is -2.36. The summed E-state index contributed by atoms with van der Waals surface area (Å²) >= 11 is 5.88. The van der Waals surface area contributed by atoms with Gasteiger partial charge in [-0.05, 0) is 48.7 Å². The first-order valence-corrected chi connectivity index (χ1v) is 8.64. The highest BCUT2D eigenvalue weighted by molar-refractivity contribution is 6.30. The number of rotatable bonds is 7. The van der Waals surface area contributed by atoms with Crippen molar-refractivity contribution in [3.63, 3.8) is 0 Å². The average molecular weight is 362 g/mol. The van der Waals surface area contributed by atoms with Crippen molar-refractivity contribution in [2.45, 2.75) is 33.4 Å². The lowest BCUT2D eigenvalue weighted by Gasteiger charge is -2.18. The van der Waals surface area contributed by atoms with Crippen LogP contribution in [0, 0.1) is 5.92 Å². The smallest absolute Gasteiger partial charge is 0.251 e. The van der Waals surface area contributed by atoms with Crippen molar-refractivity contribution in [3.8, 4) is 11.5 Å². The molecule has 2 aromatic rings. The third-order valence-corrected chi connectivity index (χ3v) is 4.34. The molecule has 0 saturated heterocycles. The van der Waals surface area contributed by atoms with Crippen LogP contribution in [-0.2, 0) is 6.61 Å². The predicted octanol–water partition coefficient (Wildman–Crippen LogP) is 4.70. The third-order valence-electron chi connectivity index (χ3n) is 4.09. The van der Waals surface area contributed by atoms with Gasteiger partial charge in [-0.25, -0.2) is 0 Å². The molecule has 0 fully saturated rings. The van der Waals surface area contributed by atoms with Crippen molar-refractivity contribution in [3.05, 3.63) is 58.6 Å². The number of benzene rings is 2. The normalized spacial score (nSPS) is 11.9. The van der Waals surface area contributed by atoms with Crippen LogP contribution in [0.1, 0.15) is 36.7 Å². The summed E-state index contributed by atoms with van der Waals surface area (Å²) in [6.07, 6.45) is 0. The van der Waals surface area contributed by atoms with Gasteiger partial charge in [-0.15, -0.1) is 0 Å². The Kier molecular flexibility index (Phi) is 6.71. The molecule has 1 amide bonds. The van der Waals surface area contributed by atoms with E-state index >= 15 is 0 Å². The number of amides is 1. The van der Waals surface area contributed by atoms with E-state index < -0.39 is 0 Å². The van der Waals surface area contributed by atoms with E-state index in [2.05, 4.69) is 19.2 Å². The van der Waals surface area contributed by atoms with Crippen molar-refractivity contribution in [1.82, 2.24) is 5.32 Å². The fourth-order valence-corrected chi connectivity index (χ4v) is 2.25. The molecule has 5 heteroatoms. The maximum Gasteiger partial charge on any atom is 0.251 e. The van der Waals surface area contributed by atoms with Gasteiger partial charge in [-0.3, -0.25) is 4.79 Å². The highest BCUT2D eigenvalue weighted by Crippen LogP contribution is 2.29. The summed E-state index contributed by atoms with van der Waals surface area (Å²) in [6, 6.07) is 12.7. The molecule has 0 aliphatic rings. The van der Waals surface area contributed by atoms with Gasteiger partial charge in [0.2, 0.25) is 0 Å². The summed E-state index contributed by atoms with van der Waals surface area (Å²) < 4.78 is 11.2. The average Bonchev–Trinajstić information content (AvgIpc) is 2.60. The van der Waals surface area contributed by atoms with Crippen LogP contribution in [0.15, 0.2) is 42.5 Å². The van der Waals surface area contributed by atoms with E-state index in [1.807, 2.05) is 31.2 Å². The second-order valence-electron chi connectivity index (χ2n) is 6.29. The third kappa shape index (κ3) is 5.40. The molecule has 0 aromatic heterocycles. The van der Waals surface area contributed by atoms with Gasteiger partial charge in [0.25, 0.3) is 5.91 Å². The number of hydrogen-bond acceptors (Lipinski definition) is 3. The highest BCUT2D eigenvalue weighted by Gasteiger charge is 2.15. The lowest BCUT2D eigenvalue weighted by molar-refractivity contribution is 0.0930. The largest absolute Gasteiger partial charge is 0.493 e. The fraction of sp³-hybridized carbons (Fsp3) is 0.350. The van der Waals surface area contributed by atoms with Gasteiger partial charge in [-0.1, -0.05) is 37.6 Å². The molecule has 0 bridgehead atoms. The molecule has 4 nitrogen and oxygen atoms in total. The Bertz CT molecular complexity index is 713.